The quantitative estimate of drug-likeness (QED) is 0.369. The molecular formula is C25H24N4O3S2. The molecule has 0 spiro atoms. The van der Waals surface area contributed by atoms with Crippen LogP contribution in [0.5, 0.6) is 0 Å². The Bertz CT molecular complexity index is 1430. The third kappa shape index (κ3) is 5.56. The standard InChI is InChI=1S/C25H24N4O3S2/c1-17-8-9-19(14-18(17)2)23-15-29(21-6-4-3-5-7-21)25(28-23)33-16-24(30)27-20-10-12-22(13-11-20)34(26,31)32/h3-15H,16H2,1-2H3,(H,27,30)(H2,26,31,32). The van der Waals surface area contributed by atoms with Crippen LogP contribution in [0.15, 0.2) is 89.0 Å². The van der Waals surface area contributed by atoms with E-state index in [1.807, 2.05) is 47.2 Å². The van der Waals surface area contributed by atoms with Crippen molar-refractivity contribution in [1.82, 2.24) is 9.55 Å². The minimum atomic E-state index is -3.78. The van der Waals surface area contributed by atoms with Crippen LogP contribution in [0.2, 0.25) is 0 Å². The number of primary sulfonamides is 1. The fourth-order valence-electron chi connectivity index (χ4n) is 3.33. The van der Waals surface area contributed by atoms with E-state index in [9.17, 15) is 13.2 Å². The number of rotatable bonds is 7. The monoisotopic (exact) mass is 492 g/mol. The number of sulfonamides is 1. The number of thioether (sulfide) groups is 1. The number of amides is 1. The molecule has 0 fully saturated rings. The maximum atomic E-state index is 12.6. The second kappa shape index (κ2) is 9.84. The number of para-hydroxylation sites is 1. The molecule has 1 aromatic heterocycles. The molecule has 0 saturated heterocycles. The molecule has 4 aromatic rings. The van der Waals surface area contributed by atoms with E-state index in [0.29, 0.717) is 10.8 Å². The van der Waals surface area contributed by atoms with Crippen molar-refractivity contribution < 1.29 is 13.2 Å². The number of nitrogens with zero attached hydrogens (tertiary/aromatic N) is 2. The van der Waals surface area contributed by atoms with E-state index in [4.69, 9.17) is 10.1 Å². The molecule has 34 heavy (non-hydrogen) atoms. The Morgan fingerprint density at radius 3 is 2.35 bits per heavy atom. The summed E-state index contributed by atoms with van der Waals surface area (Å²) in [5, 5.41) is 8.58. The second-order valence-electron chi connectivity index (χ2n) is 7.82. The Morgan fingerprint density at radius 1 is 1.00 bits per heavy atom. The summed E-state index contributed by atoms with van der Waals surface area (Å²) in [6.45, 7) is 4.15. The van der Waals surface area contributed by atoms with E-state index < -0.39 is 10.0 Å². The molecule has 1 amide bonds. The molecule has 3 aromatic carbocycles. The van der Waals surface area contributed by atoms with Crippen molar-refractivity contribution in [3.8, 4) is 16.9 Å². The van der Waals surface area contributed by atoms with Gasteiger partial charge in [0, 0.05) is 23.1 Å². The van der Waals surface area contributed by atoms with Crippen LogP contribution in [-0.4, -0.2) is 29.6 Å². The Kier molecular flexibility index (Phi) is 6.87. The molecule has 0 bridgehead atoms. The van der Waals surface area contributed by atoms with Gasteiger partial charge in [0.15, 0.2) is 5.16 Å². The first-order valence-corrected chi connectivity index (χ1v) is 13.0. The molecule has 0 unspecified atom stereocenters. The van der Waals surface area contributed by atoms with Gasteiger partial charge in [-0.25, -0.2) is 18.5 Å². The van der Waals surface area contributed by atoms with Gasteiger partial charge in [0.1, 0.15) is 0 Å². The Labute approximate surface area is 203 Å². The highest BCUT2D eigenvalue weighted by molar-refractivity contribution is 7.99. The lowest BCUT2D eigenvalue weighted by Gasteiger charge is -2.08. The molecule has 4 rings (SSSR count). The predicted octanol–water partition coefficient (Wildman–Crippen LogP) is 4.53. The van der Waals surface area contributed by atoms with Gasteiger partial charge >= 0.3 is 0 Å². The summed E-state index contributed by atoms with van der Waals surface area (Å²) in [5.74, 6) is -0.101. The molecule has 0 atom stereocenters. The fourth-order valence-corrected chi connectivity index (χ4v) is 4.64. The number of benzene rings is 3. The predicted molar refractivity (Wildman–Crippen MR) is 136 cm³/mol. The number of anilines is 1. The number of carbonyl (C=O) groups excluding carboxylic acids is 1. The molecule has 0 aliphatic heterocycles. The first-order chi connectivity index (χ1) is 16.2. The second-order valence-corrected chi connectivity index (χ2v) is 10.3. The van der Waals surface area contributed by atoms with Crippen LogP contribution in [0.4, 0.5) is 5.69 Å². The number of hydrogen-bond donors (Lipinski definition) is 2. The van der Waals surface area contributed by atoms with E-state index >= 15 is 0 Å². The highest BCUT2D eigenvalue weighted by Gasteiger charge is 2.15. The summed E-state index contributed by atoms with van der Waals surface area (Å²) in [4.78, 5) is 17.4. The zero-order chi connectivity index (χ0) is 24.3. The molecule has 0 aliphatic rings. The maximum Gasteiger partial charge on any atom is 0.238 e. The Balaban J connectivity index is 1.54. The first-order valence-electron chi connectivity index (χ1n) is 10.5. The lowest BCUT2D eigenvalue weighted by atomic mass is 10.0. The van der Waals surface area contributed by atoms with Gasteiger partial charge in [-0.15, -0.1) is 0 Å². The third-order valence-electron chi connectivity index (χ3n) is 5.31. The number of aromatic nitrogens is 2. The summed E-state index contributed by atoms with van der Waals surface area (Å²) in [6, 6.07) is 21.8. The van der Waals surface area contributed by atoms with Crippen LogP contribution in [-0.2, 0) is 14.8 Å². The van der Waals surface area contributed by atoms with Gasteiger partial charge in [0.2, 0.25) is 15.9 Å². The van der Waals surface area contributed by atoms with E-state index in [0.717, 1.165) is 16.9 Å². The van der Waals surface area contributed by atoms with Gasteiger partial charge < -0.3 is 5.32 Å². The number of aryl methyl sites for hydroxylation is 2. The van der Waals surface area contributed by atoms with Crippen LogP contribution in [0.3, 0.4) is 0 Å². The molecule has 0 saturated carbocycles. The van der Waals surface area contributed by atoms with Crippen molar-refractivity contribution in [2.45, 2.75) is 23.9 Å². The Morgan fingerprint density at radius 2 is 1.71 bits per heavy atom. The van der Waals surface area contributed by atoms with Crippen molar-refractivity contribution in [3.05, 3.63) is 90.1 Å². The smallest absolute Gasteiger partial charge is 0.238 e. The van der Waals surface area contributed by atoms with Gasteiger partial charge in [-0.3, -0.25) is 9.36 Å². The number of hydrogen-bond acceptors (Lipinski definition) is 5. The van der Waals surface area contributed by atoms with E-state index in [-0.39, 0.29) is 16.6 Å². The first kappa shape index (κ1) is 23.7. The van der Waals surface area contributed by atoms with Crippen molar-refractivity contribution in [1.29, 1.82) is 0 Å². The molecule has 0 radical (unpaired) electrons. The van der Waals surface area contributed by atoms with Crippen LogP contribution < -0.4 is 10.5 Å². The summed E-state index contributed by atoms with van der Waals surface area (Å²) in [7, 11) is -3.78. The number of imidazole rings is 1. The minimum Gasteiger partial charge on any atom is -0.325 e. The van der Waals surface area contributed by atoms with Crippen LogP contribution >= 0.6 is 11.8 Å². The maximum absolute atomic E-state index is 12.6. The van der Waals surface area contributed by atoms with Crippen LogP contribution in [0.25, 0.3) is 16.9 Å². The van der Waals surface area contributed by atoms with Gasteiger partial charge in [-0.2, -0.15) is 0 Å². The summed E-state index contributed by atoms with van der Waals surface area (Å²) in [5.41, 5.74) is 5.68. The van der Waals surface area contributed by atoms with Gasteiger partial charge in [0.05, 0.1) is 16.3 Å². The lowest BCUT2D eigenvalue weighted by molar-refractivity contribution is -0.113. The largest absolute Gasteiger partial charge is 0.325 e. The van der Waals surface area contributed by atoms with Crippen molar-refractivity contribution in [2.75, 3.05) is 11.1 Å². The topological polar surface area (TPSA) is 107 Å². The van der Waals surface area contributed by atoms with E-state index in [1.54, 1.807) is 0 Å². The molecular weight excluding hydrogens is 468 g/mol. The fraction of sp³-hybridized carbons (Fsp3) is 0.120. The number of carbonyl (C=O) groups is 1. The van der Waals surface area contributed by atoms with Crippen molar-refractivity contribution in [2.24, 2.45) is 5.14 Å². The lowest BCUT2D eigenvalue weighted by Crippen LogP contribution is -2.15. The van der Waals surface area contributed by atoms with Gasteiger partial charge in [-0.05, 0) is 67.4 Å². The average molecular weight is 493 g/mol. The Hall–Kier alpha value is -3.40. The van der Waals surface area contributed by atoms with Crippen LogP contribution in [0.1, 0.15) is 11.1 Å². The van der Waals surface area contributed by atoms with Gasteiger partial charge in [0.25, 0.3) is 0 Å². The highest BCUT2D eigenvalue weighted by atomic mass is 32.2. The van der Waals surface area contributed by atoms with Crippen molar-refractivity contribution in [3.63, 3.8) is 0 Å². The summed E-state index contributed by atoms with van der Waals surface area (Å²) >= 11 is 1.32. The average Bonchev–Trinajstić information content (AvgIpc) is 3.24. The molecule has 1 heterocycles. The molecule has 0 aliphatic carbocycles. The third-order valence-corrected chi connectivity index (χ3v) is 7.19. The number of nitrogens with one attached hydrogen (secondary N) is 1. The van der Waals surface area contributed by atoms with Crippen LogP contribution in [0, 0.1) is 13.8 Å². The summed E-state index contributed by atoms with van der Waals surface area (Å²) in [6.07, 6.45) is 1.98. The van der Waals surface area contributed by atoms with Gasteiger partial charge in [-0.1, -0.05) is 42.1 Å². The SMILES string of the molecule is Cc1ccc(-c2cn(-c3ccccc3)c(SCC(=O)Nc3ccc(S(N)(=O)=O)cc3)n2)cc1C. The summed E-state index contributed by atoms with van der Waals surface area (Å²) < 4.78 is 24.8. The zero-order valence-electron chi connectivity index (χ0n) is 18.7. The number of nitrogens with two attached hydrogens (primary N) is 1. The zero-order valence-corrected chi connectivity index (χ0v) is 20.4. The molecule has 3 N–H and O–H groups in total. The molecule has 174 valence electrons. The van der Waals surface area contributed by atoms with E-state index in [2.05, 4.69) is 31.3 Å². The van der Waals surface area contributed by atoms with E-state index in [1.165, 1.54) is 47.2 Å². The molecule has 9 heteroatoms. The normalized spacial score (nSPS) is 11.4. The highest BCUT2D eigenvalue weighted by Crippen LogP contribution is 2.28. The minimum absolute atomic E-state index is 0.0105. The van der Waals surface area contributed by atoms with Crippen molar-refractivity contribution >= 4 is 33.4 Å². The molecule has 7 nitrogen and oxygen atoms in total.